The first-order valence-electron chi connectivity index (χ1n) is 6.98. The third kappa shape index (κ3) is 3.67. The highest BCUT2D eigenvalue weighted by molar-refractivity contribution is 5.14. The normalized spacial score (nSPS) is 12.8. The van der Waals surface area contributed by atoms with Gasteiger partial charge in [-0.25, -0.2) is 4.98 Å². The molecular weight excluding hydrogens is 234 g/mol. The van der Waals surface area contributed by atoms with Crippen molar-refractivity contribution in [3.8, 4) is 0 Å². The maximum Gasteiger partial charge on any atom is 0.0948 e. The van der Waals surface area contributed by atoms with Crippen molar-refractivity contribution in [1.29, 1.82) is 0 Å². The van der Waals surface area contributed by atoms with Gasteiger partial charge in [0.15, 0.2) is 0 Å². The van der Waals surface area contributed by atoms with Gasteiger partial charge < -0.3 is 10.3 Å². The summed E-state index contributed by atoms with van der Waals surface area (Å²) in [5, 5.41) is 0. The zero-order valence-electron chi connectivity index (χ0n) is 11.8. The van der Waals surface area contributed by atoms with Crippen molar-refractivity contribution in [3.63, 3.8) is 0 Å². The molecule has 2 rings (SSSR count). The van der Waals surface area contributed by atoms with Crippen LogP contribution in [0.4, 0.5) is 0 Å². The standard InChI is InChI=1S/C16H23N3/c1-13(2)16(17)15-11-18-12-19(15)10-6-9-14-7-4-3-5-8-14/h3-5,7-8,11-13,16H,6,9-10,17H2,1-2H3. The molecule has 1 heterocycles. The lowest BCUT2D eigenvalue weighted by atomic mass is 10.0. The average Bonchev–Trinajstić information content (AvgIpc) is 2.87. The van der Waals surface area contributed by atoms with Crippen LogP contribution in [0.1, 0.15) is 37.6 Å². The van der Waals surface area contributed by atoms with E-state index in [0.717, 1.165) is 25.1 Å². The van der Waals surface area contributed by atoms with E-state index >= 15 is 0 Å². The van der Waals surface area contributed by atoms with Gasteiger partial charge in [0.2, 0.25) is 0 Å². The maximum absolute atomic E-state index is 6.21. The molecular formula is C16H23N3. The van der Waals surface area contributed by atoms with Gasteiger partial charge in [-0.2, -0.15) is 0 Å². The molecule has 1 atom stereocenters. The van der Waals surface area contributed by atoms with Crippen LogP contribution in [-0.2, 0) is 13.0 Å². The van der Waals surface area contributed by atoms with Gasteiger partial charge in [-0.15, -0.1) is 0 Å². The molecule has 0 bridgehead atoms. The van der Waals surface area contributed by atoms with Gasteiger partial charge in [-0.1, -0.05) is 44.2 Å². The zero-order chi connectivity index (χ0) is 13.7. The summed E-state index contributed by atoms with van der Waals surface area (Å²) in [6.07, 6.45) is 5.99. The first kappa shape index (κ1) is 13.8. The van der Waals surface area contributed by atoms with E-state index in [4.69, 9.17) is 5.73 Å². The molecule has 0 amide bonds. The minimum Gasteiger partial charge on any atom is -0.333 e. The van der Waals surface area contributed by atoms with Crippen molar-refractivity contribution in [1.82, 2.24) is 9.55 Å². The van der Waals surface area contributed by atoms with E-state index < -0.39 is 0 Å². The quantitative estimate of drug-likeness (QED) is 0.863. The molecule has 2 aromatic rings. The van der Waals surface area contributed by atoms with Crippen LogP contribution < -0.4 is 5.73 Å². The third-order valence-electron chi connectivity index (χ3n) is 3.51. The molecule has 3 heteroatoms. The van der Waals surface area contributed by atoms with Crippen LogP contribution in [0, 0.1) is 5.92 Å². The van der Waals surface area contributed by atoms with Crippen LogP contribution in [-0.4, -0.2) is 9.55 Å². The summed E-state index contributed by atoms with van der Waals surface area (Å²) in [6.45, 7) is 5.27. The molecule has 1 aromatic carbocycles. The Morgan fingerprint density at radius 3 is 2.63 bits per heavy atom. The lowest BCUT2D eigenvalue weighted by Gasteiger charge is -2.17. The summed E-state index contributed by atoms with van der Waals surface area (Å²) in [4.78, 5) is 4.23. The minimum atomic E-state index is 0.0687. The van der Waals surface area contributed by atoms with Crippen molar-refractivity contribution < 1.29 is 0 Å². The zero-order valence-corrected chi connectivity index (χ0v) is 11.8. The van der Waals surface area contributed by atoms with E-state index in [1.54, 1.807) is 0 Å². The summed E-state index contributed by atoms with van der Waals surface area (Å²) in [5.74, 6) is 0.435. The summed E-state index contributed by atoms with van der Waals surface area (Å²) >= 11 is 0. The molecule has 0 aliphatic rings. The Balaban J connectivity index is 1.92. The highest BCUT2D eigenvalue weighted by Gasteiger charge is 2.14. The van der Waals surface area contributed by atoms with Crippen LogP contribution in [0.2, 0.25) is 0 Å². The monoisotopic (exact) mass is 257 g/mol. The average molecular weight is 257 g/mol. The van der Waals surface area contributed by atoms with E-state index in [9.17, 15) is 0 Å². The number of rotatable bonds is 6. The number of benzene rings is 1. The molecule has 0 aliphatic carbocycles. The van der Waals surface area contributed by atoms with Gasteiger partial charge in [0.25, 0.3) is 0 Å². The molecule has 0 fully saturated rings. The fraction of sp³-hybridized carbons (Fsp3) is 0.438. The molecule has 2 N–H and O–H groups in total. The second-order valence-corrected chi connectivity index (χ2v) is 5.37. The van der Waals surface area contributed by atoms with Crippen molar-refractivity contribution in [2.75, 3.05) is 0 Å². The summed E-state index contributed by atoms with van der Waals surface area (Å²) < 4.78 is 2.19. The number of imidazole rings is 1. The molecule has 1 aromatic heterocycles. The molecule has 3 nitrogen and oxygen atoms in total. The second kappa shape index (κ2) is 6.53. The molecule has 19 heavy (non-hydrogen) atoms. The van der Waals surface area contributed by atoms with Gasteiger partial charge in [-0.3, -0.25) is 0 Å². The van der Waals surface area contributed by atoms with E-state index in [0.29, 0.717) is 5.92 Å². The van der Waals surface area contributed by atoms with Crippen LogP contribution in [0.3, 0.4) is 0 Å². The third-order valence-corrected chi connectivity index (χ3v) is 3.51. The number of nitrogens with zero attached hydrogens (tertiary/aromatic N) is 2. The highest BCUT2D eigenvalue weighted by Crippen LogP contribution is 2.18. The second-order valence-electron chi connectivity index (χ2n) is 5.37. The van der Waals surface area contributed by atoms with E-state index in [2.05, 4.69) is 53.7 Å². The fourth-order valence-corrected chi connectivity index (χ4v) is 2.24. The predicted octanol–water partition coefficient (Wildman–Crippen LogP) is 3.17. The Morgan fingerprint density at radius 2 is 1.95 bits per heavy atom. The van der Waals surface area contributed by atoms with Crippen LogP contribution in [0.25, 0.3) is 0 Å². The van der Waals surface area contributed by atoms with Gasteiger partial charge in [0, 0.05) is 18.8 Å². The van der Waals surface area contributed by atoms with E-state index in [1.807, 2.05) is 12.5 Å². The van der Waals surface area contributed by atoms with Gasteiger partial charge in [0.1, 0.15) is 0 Å². The SMILES string of the molecule is CC(C)C(N)c1cncn1CCCc1ccccc1. The first-order valence-corrected chi connectivity index (χ1v) is 6.98. The summed E-state index contributed by atoms with van der Waals surface area (Å²) in [6, 6.07) is 10.7. The molecule has 0 saturated heterocycles. The number of hydrogen-bond donors (Lipinski definition) is 1. The van der Waals surface area contributed by atoms with Crippen molar-refractivity contribution in [3.05, 3.63) is 54.1 Å². The Kier molecular flexibility index (Phi) is 4.74. The Morgan fingerprint density at radius 1 is 1.21 bits per heavy atom. The minimum absolute atomic E-state index is 0.0687. The highest BCUT2D eigenvalue weighted by atomic mass is 15.1. The topological polar surface area (TPSA) is 43.8 Å². The van der Waals surface area contributed by atoms with Crippen molar-refractivity contribution in [2.24, 2.45) is 11.7 Å². The largest absolute Gasteiger partial charge is 0.333 e. The Bertz CT molecular complexity index is 488. The molecule has 0 radical (unpaired) electrons. The number of hydrogen-bond acceptors (Lipinski definition) is 2. The van der Waals surface area contributed by atoms with Gasteiger partial charge >= 0.3 is 0 Å². The van der Waals surface area contributed by atoms with Gasteiger partial charge in [-0.05, 0) is 24.3 Å². The lowest BCUT2D eigenvalue weighted by Crippen LogP contribution is -2.20. The lowest BCUT2D eigenvalue weighted by molar-refractivity contribution is 0.473. The van der Waals surface area contributed by atoms with Crippen LogP contribution >= 0.6 is 0 Å². The summed E-state index contributed by atoms with van der Waals surface area (Å²) in [5.41, 5.74) is 8.73. The Hall–Kier alpha value is -1.61. The first-order chi connectivity index (χ1) is 9.18. The number of nitrogens with two attached hydrogens (primary N) is 1. The molecule has 1 unspecified atom stereocenters. The molecule has 0 spiro atoms. The number of aryl methyl sites for hydroxylation is 2. The van der Waals surface area contributed by atoms with Crippen molar-refractivity contribution in [2.45, 2.75) is 39.3 Å². The Labute approximate surface area is 115 Å². The smallest absolute Gasteiger partial charge is 0.0948 e. The van der Waals surface area contributed by atoms with Crippen LogP contribution in [0.5, 0.6) is 0 Å². The van der Waals surface area contributed by atoms with E-state index in [-0.39, 0.29) is 6.04 Å². The predicted molar refractivity (Wildman–Crippen MR) is 78.8 cm³/mol. The van der Waals surface area contributed by atoms with Crippen LogP contribution in [0.15, 0.2) is 42.9 Å². The summed E-state index contributed by atoms with van der Waals surface area (Å²) in [7, 11) is 0. The number of aromatic nitrogens is 2. The fourth-order valence-electron chi connectivity index (χ4n) is 2.24. The molecule has 0 aliphatic heterocycles. The van der Waals surface area contributed by atoms with E-state index in [1.165, 1.54) is 5.56 Å². The molecule has 102 valence electrons. The molecule has 0 saturated carbocycles. The van der Waals surface area contributed by atoms with Gasteiger partial charge in [0.05, 0.1) is 12.0 Å². The van der Waals surface area contributed by atoms with Crippen molar-refractivity contribution >= 4 is 0 Å². The maximum atomic E-state index is 6.21.